The Bertz CT molecular complexity index is 927. The first-order valence-corrected chi connectivity index (χ1v) is 9.24. The summed E-state index contributed by atoms with van der Waals surface area (Å²) < 4.78 is 18.0. The molecule has 3 aromatic carbocycles. The van der Waals surface area contributed by atoms with Gasteiger partial charge in [0, 0.05) is 19.1 Å². The van der Waals surface area contributed by atoms with Crippen molar-refractivity contribution in [3.63, 3.8) is 0 Å². The molecule has 4 heteroatoms. The van der Waals surface area contributed by atoms with Crippen molar-refractivity contribution < 1.29 is 19.0 Å². The number of rotatable bonds is 6. The van der Waals surface area contributed by atoms with Gasteiger partial charge in [-0.1, -0.05) is 91.0 Å². The van der Waals surface area contributed by atoms with Crippen molar-refractivity contribution in [2.24, 2.45) is 0 Å². The molecule has 4 nitrogen and oxygen atoms in total. The second-order valence-electron chi connectivity index (χ2n) is 6.78. The molecular formula is C24H22O4. The molecule has 0 N–H and O–H groups in total. The Morgan fingerprint density at radius 1 is 0.857 bits per heavy atom. The molecule has 1 saturated heterocycles. The molecule has 2 unspecified atom stereocenters. The Balaban J connectivity index is 1.89. The quantitative estimate of drug-likeness (QED) is 0.602. The lowest BCUT2D eigenvalue weighted by Gasteiger charge is -2.41. The van der Waals surface area contributed by atoms with Gasteiger partial charge in [0.1, 0.15) is 0 Å². The lowest BCUT2D eigenvalue weighted by Crippen LogP contribution is -2.57. The Morgan fingerprint density at radius 3 is 2.04 bits per heavy atom. The van der Waals surface area contributed by atoms with Crippen molar-refractivity contribution in [2.75, 3.05) is 13.9 Å². The summed E-state index contributed by atoms with van der Waals surface area (Å²) in [4.78, 5) is 13.6. The Kier molecular flexibility index (Phi) is 5.09. The van der Waals surface area contributed by atoms with Crippen LogP contribution in [0.3, 0.4) is 0 Å². The van der Waals surface area contributed by atoms with Crippen LogP contribution < -0.4 is 0 Å². The average molecular weight is 374 g/mol. The van der Waals surface area contributed by atoms with E-state index in [0.29, 0.717) is 12.0 Å². The zero-order valence-corrected chi connectivity index (χ0v) is 15.7. The minimum Gasteiger partial charge on any atom is -0.344 e. The van der Waals surface area contributed by atoms with E-state index in [1.165, 1.54) is 7.11 Å². The van der Waals surface area contributed by atoms with Crippen LogP contribution in [0.1, 0.15) is 21.5 Å². The van der Waals surface area contributed by atoms with Gasteiger partial charge in [-0.2, -0.15) is 0 Å². The zero-order chi connectivity index (χ0) is 19.5. The van der Waals surface area contributed by atoms with Gasteiger partial charge in [-0.25, -0.2) is 0 Å². The molecular weight excluding hydrogens is 352 g/mol. The van der Waals surface area contributed by atoms with Crippen molar-refractivity contribution in [3.05, 3.63) is 108 Å². The third kappa shape index (κ3) is 2.96. The summed E-state index contributed by atoms with van der Waals surface area (Å²) in [5.74, 6) is -1.85. The van der Waals surface area contributed by atoms with Crippen molar-refractivity contribution in [1.29, 1.82) is 0 Å². The van der Waals surface area contributed by atoms with Crippen LogP contribution in [0, 0.1) is 0 Å². The Morgan fingerprint density at radius 2 is 1.43 bits per heavy atom. The molecule has 0 radical (unpaired) electrons. The Labute approximate surface area is 164 Å². The highest BCUT2D eigenvalue weighted by Gasteiger charge is 2.64. The van der Waals surface area contributed by atoms with E-state index in [4.69, 9.17) is 14.2 Å². The van der Waals surface area contributed by atoms with Gasteiger partial charge in [-0.15, -0.1) is 0 Å². The molecule has 142 valence electrons. The van der Waals surface area contributed by atoms with Crippen LogP contribution in [0.15, 0.2) is 91.0 Å². The molecule has 0 amide bonds. The predicted octanol–water partition coefficient (Wildman–Crippen LogP) is 4.35. The average Bonchev–Trinajstić information content (AvgIpc) is 3.15. The van der Waals surface area contributed by atoms with Crippen LogP contribution in [0.2, 0.25) is 0 Å². The van der Waals surface area contributed by atoms with Crippen LogP contribution in [0.25, 0.3) is 0 Å². The summed E-state index contributed by atoms with van der Waals surface area (Å²) in [5.41, 5.74) is 1.27. The summed E-state index contributed by atoms with van der Waals surface area (Å²) in [7, 11) is 1.50. The van der Waals surface area contributed by atoms with Gasteiger partial charge in [0.15, 0.2) is 12.4 Å². The number of carbonyl (C=O) groups is 1. The number of hydrogen-bond donors (Lipinski definition) is 0. The van der Waals surface area contributed by atoms with E-state index < -0.39 is 11.4 Å². The molecule has 28 heavy (non-hydrogen) atoms. The molecule has 2 atom stereocenters. The maximum atomic E-state index is 13.6. The maximum Gasteiger partial charge on any atom is 0.270 e. The highest BCUT2D eigenvalue weighted by atomic mass is 16.8. The first kappa shape index (κ1) is 18.6. The van der Waals surface area contributed by atoms with Crippen LogP contribution in [0.4, 0.5) is 0 Å². The monoisotopic (exact) mass is 374 g/mol. The largest absolute Gasteiger partial charge is 0.344 e. The predicted molar refractivity (Wildman–Crippen MR) is 106 cm³/mol. The molecule has 1 heterocycles. The van der Waals surface area contributed by atoms with E-state index in [2.05, 4.69) is 0 Å². The molecule has 0 saturated carbocycles. The van der Waals surface area contributed by atoms with E-state index in [1.54, 1.807) is 12.1 Å². The molecule has 4 rings (SSSR count). The molecule has 1 aliphatic rings. The van der Waals surface area contributed by atoms with Crippen molar-refractivity contribution in [2.45, 2.75) is 17.8 Å². The summed E-state index contributed by atoms with van der Waals surface area (Å²) >= 11 is 0. The van der Waals surface area contributed by atoms with Gasteiger partial charge < -0.3 is 14.2 Å². The highest BCUT2D eigenvalue weighted by Crippen LogP contribution is 2.48. The van der Waals surface area contributed by atoms with E-state index in [-0.39, 0.29) is 12.6 Å². The standard InChI is InChI=1S/C24H22O4/c1-26-24(22(25)20-13-7-3-8-14-20)23(27-18-28-24,21-15-9-4-10-16-21)17-19-11-5-2-6-12-19/h2-16H,17-18H2,1H3. The summed E-state index contributed by atoms with van der Waals surface area (Å²) in [5, 5.41) is 0. The van der Waals surface area contributed by atoms with Crippen LogP contribution in [-0.4, -0.2) is 25.5 Å². The third-order valence-electron chi connectivity index (χ3n) is 5.26. The van der Waals surface area contributed by atoms with Crippen molar-refractivity contribution in [1.82, 2.24) is 0 Å². The molecule has 0 aliphatic carbocycles. The lowest BCUT2D eigenvalue weighted by atomic mass is 9.77. The molecule has 1 aliphatic heterocycles. The van der Waals surface area contributed by atoms with Crippen LogP contribution >= 0.6 is 0 Å². The van der Waals surface area contributed by atoms with Gasteiger partial charge in [-0.05, 0) is 11.1 Å². The molecule has 1 fully saturated rings. The fourth-order valence-corrected chi connectivity index (χ4v) is 3.90. The molecule has 3 aromatic rings. The normalized spacial score (nSPS) is 24.2. The number of methoxy groups -OCH3 is 1. The minimum absolute atomic E-state index is 0.0336. The van der Waals surface area contributed by atoms with Gasteiger partial charge in [-0.3, -0.25) is 4.79 Å². The van der Waals surface area contributed by atoms with E-state index in [0.717, 1.165) is 11.1 Å². The van der Waals surface area contributed by atoms with Gasteiger partial charge in [0.2, 0.25) is 5.78 Å². The Hall–Kier alpha value is -2.79. The number of hydrogen-bond acceptors (Lipinski definition) is 4. The first-order chi connectivity index (χ1) is 13.7. The molecule has 0 aromatic heterocycles. The second kappa shape index (κ2) is 7.68. The number of ether oxygens (including phenoxy) is 3. The second-order valence-corrected chi connectivity index (χ2v) is 6.78. The number of ketones is 1. The smallest absolute Gasteiger partial charge is 0.270 e. The summed E-state index contributed by atoms with van der Waals surface area (Å²) in [6, 6.07) is 28.7. The molecule has 0 spiro atoms. The fraction of sp³-hybridized carbons (Fsp3) is 0.208. The van der Waals surface area contributed by atoms with E-state index >= 15 is 0 Å². The third-order valence-corrected chi connectivity index (χ3v) is 5.26. The maximum absolute atomic E-state index is 13.6. The highest BCUT2D eigenvalue weighted by molar-refractivity contribution is 6.02. The topological polar surface area (TPSA) is 44.8 Å². The number of benzene rings is 3. The minimum atomic E-state index is -1.59. The number of carbonyl (C=O) groups excluding carboxylic acids is 1. The summed E-state index contributed by atoms with van der Waals surface area (Å²) in [6.07, 6.45) is 0.435. The fourth-order valence-electron chi connectivity index (χ4n) is 3.90. The molecule has 0 bridgehead atoms. The summed E-state index contributed by atoms with van der Waals surface area (Å²) in [6.45, 7) is -0.0336. The zero-order valence-electron chi connectivity index (χ0n) is 15.7. The van der Waals surface area contributed by atoms with Crippen molar-refractivity contribution >= 4 is 5.78 Å². The van der Waals surface area contributed by atoms with E-state index in [1.807, 2.05) is 78.9 Å². The van der Waals surface area contributed by atoms with Crippen LogP contribution in [-0.2, 0) is 26.2 Å². The van der Waals surface area contributed by atoms with Gasteiger partial charge >= 0.3 is 0 Å². The van der Waals surface area contributed by atoms with Crippen molar-refractivity contribution in [3.8, 4) is 0 Å². The lowest BCUT2D eigenvalue weighted by molar-refractivity contribution is -0.196. The SMILES string of the molecule is COC1(C(=O)c2ccccc2)OCOC1(Cc1ccccc1)c1ccccc1. The van der Waals surface area contributed by atoms with Gasteiger partial charge in [0.05, 0.1) is 0 Å². The van der Waals surface area contributed by atoms with E-state index in [9.17, 15) is 4.79 Å². The van der Waals surface area contributed by atoms with Gasteiger partial charge in [0.25, 0.3) is 5.79 Å². The van der Waals surface area contributed by atoms with Crippen LogP contribution in [0.5, 0.6) is 0 Å². The first-order valence-electron chi connectivity index (χ1n) is 9.24. The number of Topliss-reactive ketones (excluding diaryl/α,β-unsaturated/α-hetero) is 1.